The van der Waals surface area contributed by atoms with Gasteiger partial charge < -0.3 is 10.6 Å². The fourth-order valence-electron chi connectivity index (χ4n) is 3.28. The monoisotopic (exact) mass is 385 g/mol. The molecule has 3 heterocycles. The first-order chi connectivity index (χ1) is 12.0. The zero-order chi connectivity index (χ0) is 17.9. The highest BCUT2D eigenvalue weighted by atomic mass is 32.2. The first-order valence-electron chi connectivity index (χ1n) is 8.60. The SMILES string of the molecule is O=C(NC1CCCCNC1=O)C1CCCN(S(=O)(=O)c2cccs2)C1. The van der Waals surface area contributed by atoms with E-state index in [9.17, 15) is 18.0 Å². The molecule has 0 bridgehead atoms. The summed E-state index contributed by atoms with van der Waals surface area (Å²) in [5.74, 6) is -0.794. The van der Waals surface area contributed by atoms with Gasteiger partial charge in [-0.05, 0) is 43.6 Å². The van der Waals surface area contributed by atoms with Crippen LogP contribution in [-0.4, -0.2) is 50.2 Å². The Kier molecular flexibility index (Phi) is 5.75. The van der Waals surface area contributed by atoms with Crippen molar-refractivity contribution >= 4 is 33.2 Å². The second-order valence-corrected chi connectivity index (χ2v) is 9.59. The van der Waals surface area contributed by atoms with Gasteiger partial charge in [0.05, 0.1) is 5.92 Å². The molecule has 0 radical (unpaired) electrons. The Balaban J connectivity index is 1.64. The average Bonchev–Trinajstić information content (AvgIpc) is 3.08. The molecule has 138 valence electrons. The Morgan fingerprint density at radius 2 is 2.12 bits per heavy atom. The molecule has 25 heavy (non-hydrogen) atoms. The summed E-state index contributed by atoms with van der Waals surface area (Å²) in [5.41, 5.74) is 0. The van der Waals surface area contributed by atoms with Crippen molar-refractivity contribution in [1.82, 2.24) is 14.9 Å². The first-order valence-corrected chi connectivity index (χ1v) is 10.9. The van der Waals surface area contributed by atoms with E-state index >= 15 is 0 Å². The lowest BCUT2D eigenvalue weighted by atomic mass is 9.98. The van der Waals surface area contributed by atoms with Gasteiger partial charge in [0.1, 0.15) is 10.3 Å². The minimum Gasteiger partial charge on any atom is -0.354 e. The normalized spacial score (nSPS) is 25.8. The third-order valence-electron chi connectivity index (χ3n) is 4.70. The molecule has 0 saturated carbocycles. The van der Waals surface area contributed by atoms with E-state index in [2.05, 4.69) is 10.6 Å². The summed E-state index contributed by atoms with van der Waals surface area (Å²) < 4.78 is 27.0. The summed E-state index contributed by atoms with van der Waals surface area (Å²) in [6.45, 7) is 1.23. The summed E-state index contributed by atoms with van der Waals surface area (Å²) in [5, 5.41) is 7.34. The van der Waals surface area contributed by atoms with Crippen LogP contribution >= 0.6 is 11.3 Å². The quantitative estimate of drug-likeness (QED) is 0.806. The highest BCUT2D eigenvalue weighted by Crippen LogP contribution is 2.26. The van der Waals surface area contributed by atoms with E-state index in [0.717, 1.165) is 12.8 Å². The van der Waals surface area contributed by atoms with Crippen molar-refractivity contribution in [2.45, 2.75) is 42.4 Å². The van der Waals surface area contributed by atoms with Crippen molar-refractivity contribution in [1.29, 1.82) is 0 Å². The van der Waals surface area contributed by atoms with Gasteiger partial charge in [0.2, 0.25) is 11.8 Å². The van der Waals surface area contributed by atoms with Crippen LogP contribution in [0.15, 0.2) is 21.7 Å². The van der Waals surface area contributed by atoms with Crippen LogP contribution < -0.4 is 10.6 Å². The Bertz CT molecular complexity index is 718. The van der Waals surface area contributed by atoms with Crippen molar-refractivity contribution in [3.05, 3.63) is 17.5 Å². The first kappa shape index (κ1) is 18.3. The Morgan fingerprint density at radius 1 is 1.28 bits per heavy atom. The van der Waals surface area contributed by atoms with Gasteiger partial charge in [-0.1, -0.05) is 6.07 Å². The lowest BCUT2D eigenvalue weighted by Gasteiger charge is -2.31. The Hall–Kier alpha value is -1.45. The van der Waals surface area contributed by atoms with Crippen molar-refractivity contribution in [3.63, 3.8) is 0 Å². The number of piperidine rings is 1. The minimum atomic E-state index is -3.54. The highest BCUT2D eigenvalue weighted by Gasteiger charge is 2.35. The topological polar surface area (TPSA) is 95.6 Å². The van der Waals surface area contributed by atoms with Crippen LogP contribution in [0.5, 0.6) is 0 Å². The Labute approximate surface area is 151 Å². The van der Waals surface area contributed by atoms with Crippen molar-refractivity contribution < 1.29 is 18.0 Å². The van der Waals surface area contributed by atoms with Crippen molar-refractivity contribution in [3.8, 4) is 0 Å². The molecule has 2 saturated heterocycles. The molecule has 0 aliphatic carbocycles. The Morgan fingerprint density at radius 3 is 2.88 bits per heavy atom. The van der Waals surface area contributed by atoms with E-state index < -0.39 is 22.0 Å². The largest absolute Gasteiger partial charge is 0.354 e. The zero-order valence-electron chi connectivity index (χ0n) is 13.9. The van der Waals surface area contributed by atoms with E-state index in [1.54, 1.807) is 17.5 Å². The molecule has 1 aromatic heterocycles. The molecule has 3 rings (SSSR count). The van der Waals surface area contributed by atoms with E-state index in [0.29, 0.717) is 36.6 Å². The number of hydrogen-bond donors (Lipinski definition) is 2. The van der Waals surface area contributed by atoms with Crippen molar-refractivity contribution in [2.75, 3.05) is 19.6 Å². The smallest absolute Gasteiger partial charge is 0.252 e. The number of nitrogens with one attached hydrogen (secondary N) is 2. The molecule has 2 aliphatic heterocycles. The molecule has 0 aromatic carbocycles. The van der Waals surface area contributed by atoms with E-state index in [-0.39, 0.29) is 18.4 Å². The second kappa shape index (κ2) is 7.84. The molecule has 7 nitrogen and oxygen atoms in total. The van der Waals surface area contributed by atoms with Gasteiger partial charge in [-0.3, -0.25) is 9.59 Å². The number of carbonyl (C=O) groups excluding carboxylic acids is 2. The summed E-state index contributed by atoms with van der Waals surface area (Å²) in [6, 6.07) is 2.77. The molecular weight excluding hydrogens is 362 g/mol. The molecule has 2 amide bonds. The van der Waals surface area contributed by atoms with Crippen LogP contribution in [0.4, 0.5) is 0 Å². The lowest BCUT2D eigenvalue weighted by Crippen LogP contribution is -2.51. The third-order valence-corrected chi connectivity index (χ3v) is 7.93. The van der Waals surface area contributed by atoms with Crippen LogP contribution in [0.25, 0.3) is 0 Å². The molecule has 9 heteroatoms. The number of amides is 2. The van der Waals surface area contributed by atoms with Crippen LogP contribution in [0, 0.1) is 5.92 Å². The number of thiophene rings is 1. The maximum Gasteiger partial charge on any atom is 0.252 e. The predicted octanol–water partition coefficient (Wildman–Crippen LogP) is 0.934. The number of hydrogen-bond acceptors (Lipinski definition) is 5. The fourth-order valence-corrected chi connectivity index (χ4v) is 5.95. The number of nitrogens with zero attached hydrogens (tertiary/aromatic N) is 1. The third kappa shape index (κ3) is 4.21. The zero-order valence-corrected chi connectivity index (χ0v) is 15.6. The summed E-state index contributed by atoms with van der Waals surface area (Å²) in [7, 11) is -3.54. The highest BCUT2D eigenvalue weighted by molar-refractivity contribution is 7.91. The van der Waals surface area contributed by atoms with Crippen LogP contribution in [0.1, 0.15) is 32.1 Å². The summed E-state index contributed by atoms with van der Waals surface area (Å²) >= 11 is 1.18. The van der Waals surface area contributed by atoms with E-state index in [1.807, 2.05) is 0 Å². The molecule has 2 N–H and O–H groups in total. The summed E-state index contributed by atoms with van der Waals surface area (Å²) in [6.07, 6.45) is 3.69. The number of carbonyl (C=O) groups is 2. The lowest BCUT2D eigenvalue weighted by molar-refractivity contribution is -0.131. The van der Waals surface area contributed by atoms with Crippen LogP contribution in [0.2, 0.25) is 0 Å². The van der Waals surface area contributed by atoms with Gasteiger partial charge in [-0.25, -0.2) is 8.42 Å². The number of rotatable bonds is 4. The maximum atomic E-state index is 12.6. The van der Waals surface area contributed by atoms with Crippen LogP contribution in [0.3, 0.4) is 0 Å². The van der Waals surface area contributed by atoms with Gasteiger partial charge >= 0.3 is 0 Å². The molecule has 2 fully saturated rings. The van der Waals surface area contributed by atoms with E-state index in [1.165, 1.54) is 15.6 Å². The van der Waals surface area contributed by atoms with Gasteiger partial charge in [0.15, 0.2) is 0 Å². The predicted molar refractivity (Wildman–Crippen MR) is 94.6 cm³/mol. The van der Waals surface area contributed by atoms with Gasteiger partial charge in [-0.2, -0.15) is 4.31 Å². The molecule has 2 unspecified atom stereocenters. The van der Waals surface area contributed by atoms with Gasteiger partial charge in [0, 0.05) is 19.6 Å². The second-order valence-electron chi connectivity index (χ2n) is 6.48. The maximum absolute atomic E-state index is 12.6. The summed E-state index contributed by atoms with van der Waals surface area (Å²) in [4.78, 5) is 24.6. The minimum absolute atomic E-state index is 0.148. The van der Waals surface area contributed by atoms with E-state index in [4.69, 9.17) is 0 Å². The standard InChI is InChI=1S/C16H23N3O4S2/c20-15(18-13-6-1-2-8-17-16(13)21)12-5-3-9-19(11-12)25(22,23)14-7-4-10-24-14/h4,7,10,12-13H,1-3,5-6,8-9,11H2,(H,17,21)(H,18,20). The number of sulfonamides is 1. The molecular formula is C16H23N3O4S2. The van der Waals surface area contributed by atoms with Gasteiger partial charge in [-0.15, -0.1) is 11.3 Å². The molecule has 1 aromatic rings. The average molecular weight is 386 g/mol. The van der Waals surface area contributed by atoms with Crippen LogP contribution in [-0.2, 0) is 19.6 Å². The molecule has 2 atom stereocenters. The van der Waals surface area contributed by atoms with Gasteiger partial charge in [0.25, 0.3) is 10.0 Å². The van der Waals surface area contributed by atoms with Crippen molar-refractivity contribution in [2.24, 2.45) is 5.92 Å². The molecule has 0 spiro atoms. The fraction of sp³-hybridized carbons (Fsp3) is 0.625. The molecule has 2 aliphatic rings.